The number of hydrogen-bond acceptors (Lipinski definition) is 2. The van der Waals surface area contributed by atoms with Crippen LogP contribution in [0.15, 0.2) is 48.5 Å². The Labute approximate surface area is 112 Å². The van der Waals surface area contributed by atoms with Crippen LogP contribution in [-0.4, -0.2) is 6.61 Å². The summed E-state index contributed by atoms with van der Waals surface area (Å²) in [6.45, 7) is 3.17. The van der Waals surface area contributed by atoms with Crippen molar-refractivity contribution < 1.29 is 9.47 Å². The number of hydrogen-bond donors (Lipinski definition) is 0. The fourth-order valence-corrected chi connectivity index (χ4v) is 1.67. The first kappa shape index (κ1) is 12.8. The van der Waals surface area contributed by atoms with Gasteiger partial charge in [0.1, 0.15) is 18.1 Å². The van der Waals surface area contributed by atoms with Crippen LogP contribution in [0.5, 0.6) is 11.5 Å². The average molecular weight is 263 g/mol. The van der Waals surface area contributed by atoms with Gasteiger partial charge in [0, 0.05) is 5.02 Å². The molecule has 0 amide bonds. The van der Waals surface area contributed by atoms with Crippen LogP contribution >= 0.6 is 11.6 Å². The number of ether oxygens (including phenoxy) is 2. The van der Waals surface area contributed by atoms with Crippen molar-refractivity contribution in [2.24, 2.45) is 0 Å². The molecule has 0 aliphatic carbocycles. The monoisotopic (exact) mass is 262 g/mol. The molecule has 0 aliphatic rings. The molecule has 2 aromatic carbocycles. The maximum atomic E-state index is 5.82. The molecule has 94 valence electrons. The number of halogens is 1. The van der Waals surface area contributed by atoms with Gasteiger partial charge in [-0.1, -0.05) is 23.7 Å². The lowest BCUT2D eigenvalue weighted by molar-refractivity contribution is 0.304. The maximum absolute atomic E-state index is 5.82. The zero-order valence-electron chi connectivity index (χ0n) is 10.2. The molecule has 2 aromatic rings. The molecule has 0 N–H and O–H groups in total. The van der Waals surface area contributed by atoms with E-state index >= 15 is 0 Å². The van der Waals surface area contributed by atoms with Crippen molar-refractivity contribution in [3.8, 4) is 11.5 Å². The molecule has 0 saturated heterocycles. The second-order valence-electron chi connectivity index (χ2n) is 3.82. The largest absolute Gasteiger partial charge is 0.494 e. The molecule has 0 bridgehead atoms. The van der Waals surface area contributed by atoms with Crippen molar-refractivity contribution >= 4 is 11.6 Å². The summed E-state index contributed by atoms with van der Waals surface area (Å²) in [4.78, 5) is 0. The van der Waals surface area contributed by atoms with Crippen LogP contribution in [0.2, 0.25) is 5.02 Å². The van der Waals surface area contributed by atoms with Crippen LogP contribution in [0.4, 0.5) is 0 Å². The zero-order chi connectivity index (χ0) is 12.8. The van der Waals surface area contributed by atoms with Gasteiger partial charge in [-0.3, -0.25) is 0 Å². The molecule has 3 heteroatoms. The molecule has 0 aromatic heterocycles. The first-order valence-electron chi connectivity index (χ1n) is 5.88. The Morgan fingerprint density at radius 2 is 1.39 bits per heavy atom. The Hall–Kier alpha value is -1.67. The van der Waals surface area contributed by atoms with Crippen molar-refractivity contribution in [2.45, 2.75) is 13.5 Å². The minimum atomic E-state index is 0.533. The number of benzene rings is 2. The summed E-state index contributed by atoms with van der Waals surface area (Å²) >= 11 is 5.82. The molecular weight excluding hydrogens is 248 g/mol. The van der Waals surface area contributed by atoms with Gasteiger partial charge in [0.2, 0.25) is 0 Å². The molecule has 2 rings (SSSR count). The lowest BCUT2D eigenvalue weighted by atomic mass is 10.2. The van der Waals surface area contributed by atoms with Crippen LogP contribution in [0.25, 0.3) is 0 Å². The van der Waals surface area contributed by atoms with E-state index in [2.05, 4.69) is 0 Å². The van der Waals surface area contributed by atoms with E-state index in [1.54, 1.807) is 0 Å². The molecule has 0 saturated carbocycles. The third-order valence-electron chi connectivity index (χ3n) is 2.45. The smallest absolute Gasteiger partial charge is 0.120 e. The zero-order valence-corrected chi connectivity index (χ0v) is 11.0. The fourth-order valence-electron chi connectivity index (χ4n) is 1.55. The van der Waals surface area contributed by atoms with E-state index < -0.39 is 0 Å². The van der Waals surface area contributed by atoms with Crippen molar-refractivity contribution in [1.29, 1.82) is 0 Å². The van der Waals surface area contributed by atoms with E-state index in [-0.39, 0.29) is 0 Å². The summed E-state index contributed by atoms with van der Waals surface area (Å²) in [6, 6.07) is 15.2. The molecule has 0 spiro atoms. The van der Waals surface area contributed by atoms with E-state index in [4.69, 9.17) is 21.1 Å². The Bertz CT molecular complexity index is 477. The first-order chi connectivity index (χ1) is 8.78. The van der Waals surface area contributed by atoms with Crippen LogP contribution in [-0.2, 0) is 6.61 Å². The lowest BCUT2D eigenvalue weighted by Crippen LogP contribution is -1.95. The molecule has 18 heavy (non-hydrogen) atoms. The first-order valence-corrected chi connectivity index (χ1v) is 6.26. The highest BCUT2D eigenvalue weighted by atomic mass is 35.5. The summed E-state index contributed by atoms with van der Waals surface area (Å²) in [5.74, 6) is 1.68. The van der Waals surface area contributed by atoms with E-state index in [1.165, 1.54) is 0 Å². The van der Waals surface area contributed by atoms with E-state index in [9.17, 15) is 0 Å². The van der Waals surface area contributed by atoms with Crippen molar-refractivity contribution in [1.82, 2.24) is 0 Å². The molecule has 0 unspecified atom stereocenters. The van der Waals surface area contributed by atoms with E-state index in [1.807, 2.05) is 55.5 Å². The third kappa shape index (κ3) is 3.67. The Balaban J connectivity index is 1.91. The Kier molecular flexibility index (Phi) is 4.48. The second kappa shape index (κ2) is 6.31. The summed E-state index contributed by atoms with van der Waals surface area (Å²) < 4.78 is 11.0. The normalized spacial score (nSPS) is 10.1. The predicted molar refractivity (Wildman–Crippen MR) is 73.4 cm³/mol. The molecule has 0 radical (unpaired) electrons. The van der Waals surface area contributed by atoms with Crippen molar-refractivity contribution in [2.75, 3.05) is 6.61 Å². The topological polar surface area (TPSA) is 18.5 Å². The van der Waals surface area contributed by atoms with Crippen LogP contribution in [0, 0.1) is 0 Å². The molecule has 0 fully saturated rings. The summed E-state index contributed by atoms with van der Waals surface area (Å²) in [5, 5.41) is 0.736. The van der Waals surface area contributed by atoms with Gasteiger partial charge in [0.15, 0.2) is 0 Å². The molecule has 0 aliphatic heterocycles. The fraction of sp³-hybridized carbons (Fsp3) is 0.200. The maximum Gasteiger partial charge on any atom is 0.120 e. The van der Waals surface area contributed by atoms with Gasteiger partial charge in [-0.05, 0) is 48.9 Å². The molecule has 0 atom stereocenters. The van der Waals surface area contributed by atoms with Gasteiger partial charge in [0.25, 0.3) is 0 Å². The van der Waals surface area contributed by atoms with Gasteiger partial charge < -0.3 is 9.47 Å². The standard InChI is InChI=1S/C15H15ClO2/c1-2-17-14-7-9-15(10-8-14)18-11-12-3-5-13(16)6-4-12/h3-10H,2,11H2,1H3. The molecule has 2 nitrogen and oxygen atoms in total. The molecule has 0 heterocycles. The van der Waals surface area contributed by atoms with E-state index in [0.717, 1.165) is 22.1 Å². The van der Waals surface area contributed by atoms with Crippen LogP contribution < -0.4 is 9.47 Å². The minimum absolute atomic E-state index is 0.533. The van der Waals surface area contributed by atoms with Gasteiger partial charge >= 0.3 is 0 Å². The van der Waals surface area contributed by atoms with Gasteiger partial charge in [0.05, 0.1) is 6.61 Å². The minimum Gasteiger partial charge on any atom is -0.494 e. The summed E-state index contributed by atoms with van der Waals surface area (Å²) in [6.07, 6.45) is 0. The SMILES string of the molecule is CCOc1ccc(OCc2ccc(Cl)cc2)cc1. The highest BCUT2D eigenvalue weighted by Crippen LogP contribution is 2.19. The second-order valence-corrected chi connectivity index (χ2v) is 4.26. The highest BCUT2D eigenvalue weighted by Gasteiger charge is 1.97. The van der Waals surface area contributed by atoms with Gasteiger partial charge in [-0.25, -0.2) is 0 Å². The number of rotatable bonds is 5. The van der Waals surface area contributed by atoms with Crippen LogP contribution in [0.3, 0.4) is 0 Å². The van der Waals surface area contributed by atoms with Crippen molar-refractivity contribution in [3.63, 3.8) is 0 Å². The quantitative estimate of drug-likeness (QED) is 0.799. The van der Waals surface area contributed by atoms with E-state index in [0.29, 0.717) is 13.2 Å². The lowest BCUT2D eigenvalue weighted by Gasteiger charge is -2.07. The molecular formula is C15H15ClO2. The summed E-state index contributed by atoms with van der Waals surface area (Å²) in [7, 11) is 0. The average Bonchev–Trinajstić information content (AvgIpc) is 2.40. The van der Waals surface area contributed by atoms with Gasteiger partial charge in [-0.15, -0.1) is 0 Å². The van der Waals surface area contributed by atoms with Crippen molar-refractivity contribution in [3.05, 3.63) is 59.1 Å². The Morgan fingerprint density at radius 3 is 1.94 bits per heavy atom. The Morgan fingerprint density at radius 1 is 0.833 bits per heavy atom. The highest BCUT2D eigenvalue weighted by molar-refractivity contribution is 6.30. The predicted octanol–water partition coefficient (Wildman–Crippen LogP) is 4.32. The third-order valence-corrected chi connectivity index (χ3v) is 2.71. The van der Waals surface area contributed by atoms with Crippen LogP contribution in [0.1, 0.15) is 12.5 Å². The summed E-state index contributed by atoms with van der Waals surface area (Å²) in [5.41, 5.74) is 1.09. The van der Waals surface area contributed by atoms with Gasteiger partial charge in [-0.2, -0.15) is 0 Å².